The number of hydrogen-bond donors (Lipinski definition) is 1. The third kappa shape index (κ3) is 6.22. The van der Waals surface area contributed by atoms with Crippen LogP contribution in [0.4, 0.5) is 0 Å². The van der Waals surface area contributed by atoms with Gasteiger partial charge in [0, 0.05) is 19.5 Å². The van der Waals surface area contributed by atoms with E-state index in [4.69, 9.17) is 0 Å². The maximum absolute atomic E-state index is 13.1. The highest BCUT2D eigenvalue weighted by atomic mass is 16.2. The molecule has 2 aromatic rings. The minimum absolute atomic E-state index is 0.0153. The first-order valence-corrected chi connectivity index (χ1v) is 10.3. The van der Waals surface area contributed by atoms with Crippen LogP contribution < -0.4 is 5.32 Å². The third-order valence-electron chi connectivity index (χ3n) is 4.99. The first kappa shape index (κ1) is 21.7. The van der Waals surface area contributed by atoms with E-state index >= 15 is 0 Å². The van der Waals surface area contributed by atoms with Crippen molar-refractivity contribution in [3.8, 4) is 0 Å². The van der Waals surface area contributed by atoms with Crippen molar-refractivity contribution in [1.82, 2.24) is 10.2 Å². The van der Waals surface area contributed by atoms with Gasteiger partial charge < -0.3 is 10.2 Å². The first-order valence-electron chi connectivity index (χ1n) is 10.3. The molecule has 1 atom stereocenters. The molecule has 2 rings (SSSR count). The molecule has 0 aliphatic carbocycles. The van der Waals surface area contributed by atoms with Gasteiger partial charge >= 0.3 is 0 Å². The Morgan fingerprint density at radius 1 is 0.893 bits per heavy atom. The lowest BCUT2D eigenvalue weighted by Gasteiger charge is -2.30. The van der Waals surface area contributed by atoms with Gasteiger partial charge in [-0.15, -0.1) is 0 Å². The molecule has 0 spiro atoms. The SMILES string of the molecule is CCNC(=O)[C@H](CC)N(Cc1ccccc1)C(=O)CCc1ccc(CC)cc1. The van der Waals surface area contributed by atoms with Crippen LogP contribution in [0.5, 0.6) is 0 Å². The summed E-state index contributed by atoms with van der Waals surface area (Å²) in [5.41, 5.74) is 3.48. The van der Waals surface area contributed by atoms with Gasteiger partial charge in [0.15, 0.2) is 0 Å². The molecule has 0 aromatic heterocycles. The lowest BCUT2D eigenvalue weighted by atomic mass is 10.0. The average molecular weight is 381 g/mol. The number of amides is 2. The van der Waals surface area contributed by atoms with Crippen molar-refractivity contribution in [1.29, 1.82) is 0 Å². The van der Waals surface area contributed by atoms with Crippen molar-refractivity contribution >= 4 is 11.8 Å². The number of carbonyl (C=O) groups excluding carboxylic acids is 2. The monoisotopic (exact) mass is 380 g/mol. The highest BCUT2D eigenvalue weighted by Gasteiger charge is 2.27. The highest BCUT2D eigenvalue weighted by Crippen LogP contribution is 2.15. The minimum Gasteiger partial charge on any atom is -0.355 e. The first-order chi connectivity index (χ1) is 13.6. The van der Waals surface area contributed by atoms with Crippen molar-refractivity contribution < 1.29 is 9.59 Å². The Kier molecular flexibility index (Phi) is 8.73. The van der Waals surface area contributed by atoms with Crippen LogP contribution in [-0.4, -0.2) is 29.3 Å². The molecule has 2 aromatic carbocycles. The molecular weight excluding hydrogens is 348 g/mol. The molecule has 150 valence electrons. The molecular formula is C24H32N2O2. The van der Waals surface area contributed by atoms with Gasteiger partial charge in [-0.25, -0.2) is 0 Å². The fourth-order valence-electron chi connectivity index (χ4n) is 3.33. The van der Waals surface area contributed by atoms with Crippen molar-refractivity contribution in [3.05, 3.63) is 71.3 Å². The van der Waals surface area contributed by atoms with Gasteiger partial charge in [-0.05, 0) is 42.9 Å². The van der Waals surface area contributed by atoms with Gasteiger partial charge in [-0.1, -0.05) is 68.4 Å². The molecule has 0 bridgehead atoms. The fraction of sp³-hybridized carbons (Fsp3) is 0.417. The summed E-state index contributed by atoms with van der Waals surface area (Å²) in [6.45, 7) is 6.99. The number of likely N-dealkylation sites (N-methyl/N-ethyl adjacent to an activating group) is 1. The van der Waals surface area contributed by atoms with Crippen LogP contribution in [0.15, 0.2) is 54.6 Å². The molecule has 0 saturated heterocycles. The second-order valence-electron chi connectivity index (χ2n) is 7.00. The number of rotatable bonds is 10. The largest absolute Gasteiger partial charge is 0.355 e. The van der Waals surface area contributed by atoms with Crippen LogP contribution in [0.2, 0.25) is 0 Å². The Bertz CT molecular complexity index is 741. The highest BCUT2D eigenvalue weighted by molar-refractivity contribution is 5.87. The predicted molar refractivity (Wildman–Crippen MR) is 114 cm³/mol. The molecule has 0 aliphatic heterocycles. The van der Waals surface area contributed by atoms with Gasteiger partial charge in [-0.2, -0.15) is 0 Å². The zero-order valence-corrected chi connectivity index (χ0v) is 17.3. The van der Waals surface area contributed by atoms with Gasteiger partial charge in [0.2, 0.25) is 11.8 Å². The maximum Gasteiger partial charge on any atom is 0.242 e. The summed E-state index contributed by atoms with van der Waals surface area (Å²) in [6.07, 6.45) is 2.68. The van der Waals surface area contributed by atoms with E-state index in [1.54, 1.807) is 4.90 Å². The zero-order chi connectivity index (χ0) is 20.4. The summed E-state index contributed by atoms with van der Waals surface area (Å²) in [5, 5.41) is 2.87. The van der Waals surface area contributed by atoms with Crippen LogP contribution in [0.3, 0.4) is 0 Å². The second kappa shape index (κ2) is 11.3. The third-order valence-corrected chi connectivity index (χ3v) is 4.99. The number of carbonyl (C=O) groups is 2. The lowest BCUT2D eigenvalue weighted by Crippen LogP contribution is -2.49. The normalized spacial score (nSPS) is 11.7. The van der Waals surface area contributed by atoms with Crippen molar-refractivity contribution in [3.63, 3.8) is 0 Å². The Balaban J connectivity index is 2.13. The molecule has 0 heterocycles. The minimum atomic E-state index is -0.449. The summed E-state index contributed by atoms with van der Waals surface area (Å²) < 4.78 is 0. The van der Waals surface area contributed by atoms with E-state index < -0.39 is 6.04 Å². The predicted octanol–water partition coefficient (Wildman–Crippen LogP) is 4.13. The van der Waals surface area contributed by atoms with Crippen LogP contribution in [0.25, 0.3) is 0 Å². The van der Waals surface area contributed by atoms with Crippen molar-refractivity contribution in [2.45, 2.75) is 59.0 Å². The van der Waals surface area contributed by atoms with Crippen molar-refractivity contribution in [2.24, 2.45) is 0 Å². The molecule has 0 aliphatic rings. The number of benzene rings is 2. The van der Waals surface area contributed by atoms with Gasteiger partial charge in [-0.3, -0.25) is 9.59 Å². The quantitative estimate of drug-likeness (QED) is 0.674. The number of nitrogens with zero attached hydrogens (tertiary/aromatic N) is 1. The van der Waals surface area contributed by atoms with E-state index in [2.05, 4.69) is 36.5 Å². The molecule has 0 radical (unpaired) electrons. The van der Waals surface area contributed by atoms with E-state index in [-0.39, 0.29) is 11.8 Å². The van der Waals surface area contributed by atoms with Crippen LogP contribution in [0.1, 0.15) is 50.3 Å². The molecule has 0 saturated carbocycles. The Labute approximate surface area is 169 Å². The van der Waals surface area contributed by atoms with Gasteiger partial charge in [0.05, 0.1) is 0 Å². The molecule has 4 nitrogen and oxygen atoms in total. The topological polar surface area (TPSA) is 49.4 Å². The second-order valence-corrected chi connectivity index (χ2v) is 7.00. The molecule has 28 heavy (non-hydrogen) atoms. The van der Waals surface area contributed by atoms with Gasteiger partial charge in [0.1, 0.15) is 6.04 Å². The summed E-state index contributed by atoms with van der Waals surface area (Å²) in [7, 11) is 0. The van der Waals surface area contributed by atoms with Gasteiger partial charge in [0.25, 0.3) is 0 Å². The Hall–Kier alpha value is -2.62. The van der Waals surface area contributed by atoms with E-state index in [1.807, 2.05) is 44.2 Å². The summed E-state index contributed by atoms with van der Waals surface area (Å²) >= 11 is 0. The van der Waals surface area contributed by atoms with E-state index in [9.17, 15) is 9.59 Å². The maximum atomic E-state index is 13.1. The fourth-order valence-corrected chi connectivity index (χ4v) is 3.33. The summed E-state index contributed by atoms with van der Waals surface area (Å²) in [5.74, 6) is -0.0666. The standard InChI is InChI=1S/C24H32N2O2/c1-4-19-12-14-20(15-13-19)16-17-23(27)26(18-21-10-8-7-9-11-21)22(5-2)24(28)25-6-3/h7-15,22H,4-6,16-18H2,1-3H3,(H,25,28)/t22-/m0/s1. The van der Waals surface area contributed by atoms with Crippen LogP contribution >= 0.6 is 0 Å². The number of aryl methyl sites for hydroxylation is 2. The van der Waals surface area contributed by atoms with Crippen LogP contribution in [0, 0.1) is 0 Å². The molecule has 0 unspecified atom stereocenters. The number of hydrogen-bond acceptors (Lipinski definition) is 2. The van der Waals surface area contributed by atoms with Crippen LogP contribution in [-0.2, 0) is 29.0 Å². The molecule has 1 N–H and O–H groups in total. The Morgan fingerprint density at radius 2 is 1.54 bits per heavy atom. The van der Waals surface area contributed by atoms with E-state index in [0.29, 0.717) is 32.4 Å². The van der Waals surface area contributed by atoms with E-state index in [0.717, 1.165) is 17.5 Å². The zero-order valence-electron chi connectivity index (χ0n) is 17.3. The lowest BCUT2D eigenvalue weighted by molar-refractivity contribution is -0.141. The van der Waals surface area contributed by atoms with E-state index in [1.165, 1.54) is 5.56 Å². The summed E-state index contributed by atoms with van der Waals surface area (Å²) in [4.78, 5) is 27.4. The Morgan fingerprint density at radius 3 is 2.11 bits per heavy atom. The molecule has 0 fully saturated rings. The smallest absolute Gasteiger partial charge is 0.242 e. The summed E-state index contributed by atoms with van der Waals surface area (Å²) in [6, 6.07) is 17.8. The average Bonchev–Trinajstić information content (AvgIpc) is 2.73. The molecule has 4 heteroatoms. The molecule has 2 amide bonds. The van der Waals surface area contributed by atoms with Crippen molar-refractivity contribution in [2.75, 3.05) is 6.54 Å². The number of nitrogens with one attached hydrogen (secondary N) is 1.